The van der Waals surface area contributed by atoms with Gasteiger partial charge in [-0.1, -0.05) is 17.3 Å². The minimum Gasteiger partial charge on any atom is -0.508 e. The Bertz CT molecular complexity index is 528. The molecule has 0 unspecified atom stereocenters. The molecule has 0 spiro atoms. The van der Waals surface area contributed by atoms with Crippen LogP contribution in [0.2, 0.25) is 0 Å². The fraction of sp³-hybridized carbons (Fsp3) is 0.273. The summed E-state index contributed by atoms with van der Waals surface area (Å²) in [4.78, 5) is 0. The standard InChI is InChI=1S/C11H10ClF2N3O/c12-5-9-10(11(13)14)17(16-15-9)6-7-1-3-8(18)4-2-7/h1-4,11,18H,5-6H2. The van der Waals surface area contributed by atoms with E-state index in [1.807, 2.05) is 0 Å². The molecule has 0 aliphatic rings. The van der Waals surface area contributed by atoms with Crippen molar-refractivity contribution >= 4 is 11.6 Å². The molecular weight excluding hydrogens is 264 g/mol. The Morgan fingerprint density at radius 1 is 1.28 bits per heavy atom. The summed E-state index contributed by atoms with van der Waals surface area (Å²) in [5.41, 5.74) is 0.559. The second-order valence-electron chi connectivity index (χ2n) is 3.68. The van der Waals surface area contributed by atoms with Crippen molar-refractivity contribution in [2.75, 3.05) is 0 Å². The molecule has 0 saturated carbocycles. The quantitative estimate of drug-likeness (QED) is 0.872. The molecule has 1 aromatic heterocycles. The van der Waals surface area contributed by atoms with Gasteiger partial charge in [0.1, 0.15) is 17.1 Å². The van der Waals surface area contributed by atoms with Crippen LogP contribution in [0.5, 0.6) is 5.75 Å². The van der Waals surface area contributed by atoms with Gasteiger partial charge in [0.25, 0.3) is 6.43 Å². The Morgan fingerprint density at radius 3 is 2.50 bits per heavy atom. The van der Waals surface area contributed by atoms with Gasteiger partial charge in [0.05, 0.1) is 12.4 Å². The largest absolute Gasteiger partial charge is 0.508 e. The predicted octanol–water partition coefficient (Wildman–Crippen LogP) is 2.71. The van der Waals surface area contributed by atoms with Crippen molar-refractivity contribution in [2.24, 2.45) is 0 Å². The number of nitrogens with zero attached hydrogens (tertiary/aromatic N) is 3. The fourth-order valence-electron chi connectivity index (χ4n) is 1.58. The maximum Gasteiger partial charge on any atom is 0.281 e. The van der Waals surface area contributed by atoms with Crippen molar-refractivity contribution in [3.63, 3.8) is 0 Å². The van der Waals surface area contributed by atoms with Crippen LogP contribution < -0.4 is 0 Å². The Morgan fingerprint density at radius 2 is 1.94 bits per heavy atom. The van der Waals surface area contributed by atoms with Gasteiger partial charge in [0, 0.05) is 0 Å². The summed E-state index contributed by atoms with van der Waals surface area (Å²) in [7, 11) is 0. The van der Waals surface area contributed by atoms with Crippen LogP contribution >= 0.6 is 11.6 Å². The molecule has 96 valence electrons. The third kappa shape index (κ3) is 2.59. The number of hydrogen-bond donors (Lipinski definition) is 1. The molecule has 0 amide bonds. The minimum absolute atomic E-state index is 0.0884. The molecule has 0 aliphatic heterocycles. The molecule has 0 bridgehead atoms. The summed E-state index contributed by atoms with van der Waals surface area (Å²) >= 11 is 5.53. The average Bonchev–Trinajstić information content (AvgIpc) is 2.75. The summed E-state index contributed by atoms with van der Waals surface area (Å²) in [5.74, 6) is 0.0165. The van der Waals surface area contributed by atoms with Gasteiger partial charge in [0.15, 0.2) is 0 Å². The highest BCUT2D eigenvalue weighted by Gasteiger charge is 2.21. The molecule has 0 aliphatic carbocycles. The first-order valence-electron chi connectivity index (χ1n) is 5.16. The lowest BCUT2D eigenvalue weighted by Gasteiger charge is -2.06. The number of alkyl halides is 3. The maximum absolute atomic E-state index is 12.9. The monoisotopic (exact) mass is 273 g/mol. The van der Waals surface area contributed by atoms with E-state index in [9.17, 15) is 8.78 Å². The zero-order valence-corrected chi connectivity index (χ0v) is 9.98. The van der Waals surface area contributed by atoms with Gasteiger partial charge < -0.3 is 5.11 Å². The number of phenolic OH excluding ortho intramolecular Hbond substituents is 1. The van der Waals surface area contributed by atoms with Gasteiger partial charge in [-0.05, 0) is 17.7 Å². The first kappa shape index (κ1) is 12.8. The molecule has 7 heteroatoms. The highest BCUT2D eigenvalue weighted by Crippen LogP contribution is 2.23. The molecule has 0 saturated heterocycles. The van der Waals surface area contributed by atoms with Gasteiger partial charge in [-0.3, -0.25) is 0 Å². The Hall–Kier alpha value is -1.69. The van der Waals surface area contributed by atoms with E-state index in [2.05, 4.69) is 10.3 Å². The SMILES string of the molecule is Oc1ccc(Cn2nnc(CCl)c2C(F)F)cc1. The van der Waals surface area contributed by atoms with Crippen LogP contribution in [0.3, 0.4) is 0 Å². The summed E-state index contributed by atoms with van der Waals surface area (Å²) < 4.78 is 26.9. The first-order valence-corrected chi connectivity index (χ1v) is 5.69. The van der Waals surface area contributed by atoms with Crippen LogP contribution in [-0.4, -0.2) is 20.1 Å². The van der Waals surface area contributed by atoms with E-state index in [-0.39, 0.29) is 29.6 Å². The third-order valence-electron chi connectivity index (χ3n) is 2.45. The van der Waals surface area contributed by atoms with Crippen molar-refractivity contribution < 1.29 is 13.9 Å². The van der Waals surface area contributed by atoms with E-state index < -0.39 is 6.43 Å². The van der Waals surface area contributed by atoms with Crippen molar-refractivity contribution in [3.8, 4) is 5.75 Å². The summed E-state index contributed by atoms with van der Waals surface area (Å²) in [6.45, 7) is 0.157. The predicted molar refractivity (Wildman–Crippen MR) is 61.7 cm³/mol. The van der Waals surface area contributed by atoms with E-state index >= 15 is 0 Å². The van der Waals surface area contributed by atoms with Crippen LogP contribution in [0, 0.1) is 0 Å². The lowest BCUT2D eigenvalue weighted by molar-refractivity contribution is 0.139. The van der Waals surface area contributed by atoms with Crippen LogP contribution in [0.15, 0.2) is 24.3 Å². The van der Waals surface area contributed by atoms with Crippen molar-refractivity contribution in [1.82, 2.24) is 15.0 Å². The molecule has 0 radical (unpaired) electrons. The zero-order chi connectivity index (χ0) is 13.1. The van der Waals surface area contributed by atoms with E-state index in [1.54, 1.807) is 12.1 Å². The summed E-state index contributed by atoms with van der Waals surface area (Å²) in [6.07, 6.45) is -2.68. The van der Waals surface area contributed by atoms with Gasteiger partial charge in [-0.15, -0.1) is 16.7 Å². The second kappa shape index (κ2) is 5.30. The fourth-order valence-corrected chi connectivity index (χ4v) is 1.77. The van der Waals surface area contributed by atoms with E-state index in [0.717, 1.165) is 10.2 Å². The smallest absolute Gasteiger partial charge is 0.281 e. The van der Waals surface area contributed by atoms with Gasteiger partial charge in [-0.2, -0.15) is 0 Å². The molecule has 4 nitrogen and oxygen atoms in total. The lowest BCUT2D eigenvalue weighted by atomic mass is 10.2. The molecule has 2 rings (SSSR count). The molecule has 1 heterocycles. The zero-order valence-electron chi connectivity index (χ0n) is 9.22. The summed E-state index contributed by atoms with van der Waals surface area (Å²) in [6, 6.07) is 6.23. The number of aromatic hydroxyl groups is 1. The van der Waals surface area contributed by atoms with Crippen molar-refractivity contribution in [2.45, 2.75) is 18.9 Å². The van der Waals surface area contributed by atoms with Crippen LogP contribution in [-0.2, 0) is 12.4 Å². The average molecular weight is 274 g/mol. The normalized spacial score (nSPS) is 11.1. The molecule has 1 aromatic carbocycles. The van der Waals surface area contributed by atoms with E-state index in [0.29, 0.717) is 0 Å². The minimum atomic E-state index is -2.68. The van der Waals surface area contributed by atoms with Crippen LogP contribution in [0.25, 0.3) is 0 Å². The van der Waals surface area contributed by atoms with Crippen LogP contribution in [0.4, 0.5) is 8.78 Å². The molecule has 0 atom stereocenters. The maximum atomic E-state index is 12.9. The Kier molecular flexibility index (Phi) is 3.76. The number of hydrogen-bond acceptors (Lipinski definition) is 3. The number of phenols is 1. The second-order valence-corrected chi connectivity index (χ2v) is 3.95. The third-order valence-corrected chi connectivity index (χ3v) is 2.70. The number of aromatic nitrogens is 3. The summed E-state index contributed by atoms with van der Waals surface area (Å²) in [5, 5.41) is 16.4. The van der Waals surface area contributed by atoms with Gasteiger partial charge >= 0.3 is 0 Å². The van der Waals surface area contributed by atoms with Crippen LogP contribution in [0.1, 0.15) is 23.4 Å². The van der Waals surface area contributed by atoms with E-state index in [4.69, 9.17) is 16.7 Å². The van der Waals surface area contributed by atoms with Crippen molar-refractivity contribution in [3.05, 3.63) is 41.2 Å². The first-order chi connectivity index (χ1) is 8.61. The highest BCUT2D eigenvalue weighted by atomic mass is 35.5. The highest BCUT2D eigenvalue weighted by molar-refractivity contribution is 6.16. The number of halogens is 3. The molecule has 0 fully saturated rings. The van der Waals surface area contributed by atoms with Gasteiger partial charge in [-0.25, -0.2) is 13.5 Å². The molecule has 2 aromatic rings. The Labute approximate surface area is 107 Å². The topological polar surface area (TPSA) is 50.9 Å². The Balaban J connectivity index is 2.28. The number of benzene rings is 1. The lowest BCUT2D eigenvalue weighted by Crippen LogP contribution is -2.07. The number of rotatable bonds is 4. The van der Waals surface area contributed by atoms with Gasteiger partial charge in [0.2, 0.25) is 0 Å². The molecule has 1 N–H and O–H groups in total. The van der Waals surface area contributed by atoms with Crippen molar-refractivity contribution in [1.29, 1.82) is 0 Å². The van der Waals surface area contributed by atoms with E-state index in [1.165, 1.54) is 12.1 Å². The molecule has 18 heavy (non-hydrogen) atoms. The molecular formula is C11H10ClF2N3O.